The summed E-state index contributed by atoms with van der Waals surface area (Å²) in [5.74, 6) is 1.69. The average Bonchev–Trinajstić information content (AvgIpc) is 2.80. The van der Waals surface area contributed by atoms with Gasteiger partial charge in [-0.3, -0.25) is 0 Å². The minimum absolute atomic E-state index is 0.149. The van der Waals surface area contributed by atoms with Crippen LogP contribution in [0.2, 0.25) is 0 Å². The quantitative estimate of drug-likeness (QED) is 0.354. The molecule has 1 fully saturated rings. The normalized spacial score (nSPS) is 19.2. The van der Waals surface area contributed by atoms with Crippen LogP contribution in [-0.2, 0) is 6.11 Å². The number of halogens is 2. The molecule has 0 heterocycles. The first-order valence-corrected chi connectivity index (χ1v) is 11.4. The number of rotatable bonds is 6. The zero-order valence-corrected chi connectivity index (χ0v) is 18.7. The van der Waals surface area contributed by atoms with Crippen LogP contribution in [0.15, 0.2) is 72.8 Å². The second kappa shape index (κ2) is 9.68. The van der Waals surface area contributed by atoms with Crippen molar-refractivity contribution in [1.29, 1.82) is 0 Å². The van der Waals surface area contributed by atoms with E-state index in [-0.39, 0.29) is 11.3 Å². The topological polar surface area (TPSA) is 9.23 Å². The predicted molar refractivity (Wildman–Crippen MR) is 128 cm³/mol. The van der Waals surface area contributed by atoms with Crippen LogP contribution in [0, 0.1) is 12.8 Å². The van der Waals surface area contributed by atoms with Crippen molar-refractivity contribution in [2.24, 2.45) is 5.92 Å². The maximum Gasteiger partial charge on any atom is 0.426 e. The molecule has 166 valence electrons. The van der Waals surface area contributed by atoms with Gasteiger partial charge in [-0.25, -0.2) is 0 Å². The second-order valence-corrected chi connectivity index (χ2v) is 9.01. The van der Waals surface area contributed by atoms with E-state index < -0.39 is 6.11 Å². The summed E-state index contributed by atoms with van der Waals surface area (Å²) >= 11 is 0. The van der Waals surface area contributed by atoms with Crippen LogP contribution in [0.25, 0.3) is 12.2 Å². The highest BCUT2D eigenvalue weighted by Crippen LogP contribution is 2.35. The summed E-state index contributed by atoms with van der Waals surface area (Å²) in [7, 11) is 0. The van der Waals surface area contributed by atoms with E-state index in [1.54, 1.807) is 36.4 Å². The van der Waals surface area contributed by atoms with Crippen LogP contribution >= 0.6 is 0 Å². The Labute approximate surface area is 189 Å². The molecule has 1 nitrogen and oxygen atoms in total. The monoisotopic (exact) mass is 432 g/mol. The second-order valence-electron chi connectivity index (χ2n) is 9.01. The van der Waals surface area contributed by atoms with Gasteiger partial charge >= 0.3 is 6.11 Å². The molecule has 0 spiro atoms. The molecule has 0 saturated heterocycles. The average molecular weight is 433 g/mol. The standard InChI is InChI=1S/C29H30F2O/c1-21-3-13-25(14-4-21)26-15-9-23(10-16-26)7-8-24-11-17-27(18-12-24)29(30,31)32-28-19-5-22(2)6-20-28/h5-12,15-21,25H,3-4,13-14H2,1-2H3/b8-7+. The number of alkyl halides is 2. The van der Waals surface area contributed by atoms with Gasteiger partial charge in [-0.2, -0.15) is 8.78 Å². The minimum Gasteiger partial charge on any atom is -0.429 e. The largest absolute Gasteiger partial charge is 0.429 e. The zero-order chi connectivity index (χ0) is 22.6. The maximum absolute atomic E-state index is 14.5. The summed E-state index contributed by atoms with van der Waals surface area (Å²) in [6, 6.07) is 21.6. The molecule has 0 aliphatic heterocycles. The van der Waals surface area contributed by atoms with Gasteiger partial charge in [0.1, 0.15) is 5.75 Å². The smallest absolute Gasteiger partial charge is 0.426 e. The lowest BCUT2D eigenvalue weighted by Crippen LogP contribution is -2.21. The highest BCUT2D eigenvalue weighted by molar-refractivity contribution is 5.69. The van der Waals surface area contributed by atoms with E-state index in [9.17, 15) is 8.78 Å². The summed E-state index contributed by atoms with van der Waals surface area (Å²) in [6.45, 7) is 4.24. The molecule has 3 aromatic rings. The fourth-order valence-corrected chi connectivity index (χ4v) is 4.27. The molecule has 0 aromatic heterocycles. The van der Waals surface area contributed by atoms with Gasteiger partial charge in [-0.15, -0.1) is 0 Å². The van der Waals surface area contributed by atoms with Crippen molar-refractivity contribution in [3.8, 4) is 5.75 Å². The van der Waals surface area contributed by atoms with E-state index in [1.807, 2.05) is 19.1 Å². The van der Waals surface area contributed by atoms with Gasteiger partial charge in [0.2, 0.25) is 0 Å². The van der Waals surface area contributed by atoms with Crippen molar-refractivity contribution in [3.63, 3.8) is 0 Å². The summed E-state index contributed by atoms with van der Waals surface area (Å²) in [5, 5.41) is 0. The molecule has 1 saturated carbocycles. The van der Waals surface area contributed by atoms with Crippen LogP contribution in [0.4, 0.5) is 8.78 Å². The molecular formula is C29H30F2O. The number of ether oxygens (including phenoxy) is 1. The van der Waals surface area contributed by atoms with Gasteiger partial charge < -0.3 is 4.74 Å². The molecular weight excluding hydrogens is 402 g/mol. The lowest BCUT2D eigenvalue weighted by molar-refractivity contribution is -0.185. The highest BCUT2D eigenvalue weighted by Gasteiger charge is 2.34. The summed E-state index contributed by atoms with van der Waals surface area (Å²) in [6.07, 6.45) is 5.77. The Morgan fingerprint density at radius 3 is 1.84 bits per heavy atom. The van der Waals surface area contributed by atoms with E-state index in [0.29, 0.717) is 5.92 Å². The molecule has 1 aliphatic rings. The maximum atomic E-state index is 14.5. The van der Waals surface area contributed by atoms with E-state index in [2.05, 4.69) is 31.2 Å². The third-order valence-electron chi connectivity index (χ3n) is 6.41. The Hall–Kier alpha value is -2.94. The first kappa shape index (κ1) is 22.3. The lowest BCUT2D eigenvalue weighted by Gasteiger charge is -2.26. The fourth-order valence-electron chi connectivity index (χ4n) is 4.27. The molecule has 0 unspecified atom stereocenters. The van der Waals surface area contributed by atoms with Gasteiger partial charge in [-0.1, -0.05) is 86.0 Å². The molecule has 3 heteroatoms. The Balaban J connectivity index is 1.38. The zero-order valence-electron chi connectivity index (χ0n) is 18.7. The minimum atomic E-state index is -3.38. The Morgan fingerprint density at radius 2 is 1.28 bits per heavy atom. The summed E-state index contributed by atoms with van der Waals surface area (Å²) in [5.41, 5.74) is 4.23. The number of benzene rings is 3. The van der Waals surface area contributed by atoms with E-state index in [0.717, 1.165) is 22.6 Å². The first-order chi connectivity index (χ1) is 15.4. The Morgan fingerprint density at radius 1 is 0.750 bits per heavy atom. The molecule has 0 amide bonds. The molecule has 0 bridgehead atoms. The predicted octanol–water partition coefficient (Wildman–Crippen LogP) is 8.59. The van der Waals surface area contributed by atoms with Crippen molar-refractivity contribution >= 4 is 12.2 Å². The SMILES string of the molecule is Cc1ccc(OC(F)(F)c2ccc(/C=C/c3ccc(C4CCC(C)CC4)cc3)cc2)cc1. The molecule has 0 atom stereocenters. The summed E-state index contributed by atoms with van der Waals surface area (Å²) in [4.78, 5) is 0. The molecule has 0 radical (unpaired) electrons. The number of hydrogen-bond donors (Lipinski definition) is 0. The summed E-state index contributed by atoms with van der Waals surface area (Å²) < 4.78 is 33.9. The van der Waals surface area contributed by atoms with E-state index in [4.69, 9.17) is 4.74 Å². The Kier molecular flexibility index (Phi) is 6.74. The van der Waals surface area contributed by atoms with Crippen LogP contribution in [0.1, 0.15) is 66.3 Å². The van der Waals surface area contributed by atoms with Gasteiger partial charge in [0, 0.05) is 0 Å². The third kappa shape index (κ3) is 5.64. The van der Waals surface area contributed by atoms with Crippen molar-refractivity contribution in [3.05, 3.63) is 101 Å². The van der Waals surface area contributed by atoms with Crippen LogP contribution in [-0.4, -0.2) is 0 Å². The van der Waals surface area contributed by atoms with Gasteiger partial charge in [0.25, 0.3) is 0 Å². The van der Waals surface area contributed by atoms with E-state index in [1.165, 1.54) is 43.4 Å². The van der Waals surface area contributed by atoms with Crippen molar-refractivity contribution in [2.45, 2.75) is 51.6 Å². The third-order valence-corrected chi connectivity index (χ3v) is 6.41. The molecule has 4 rings (SSSR count). The molecule has 32 heavy (non-hydrogen) atoms. The van der Waals surface area contributed by atoms with Crippen molar-refractivity contribution in [1.82, 2.24) is 0 Å². The molecule has 1 aliphatic carbocycles. The van der Waals surface area contributed by atoms with Gasteiger partial charge in [0.05, 0.1) is 5.56 Å². The first-order valence-electron chi connectivity index (χ1n) is 11.4. The Bertz CT molecular complexity index is 1030. The lowest BCUT2D eigenvalue weighted by atomic mass is 9.79. The van der Waals surface area contributed by atoms with Crippen LogP contribution in [0.3, 0.4) is 0 Å². The van der Waals surface area contributed by atoms with Crippen molar-refractivity contribution < 1.29 is 13.5 Å². The molecule has 3 aromatic carbocycles. The van der Waals surface area contributed by atoms with Crippen LogP contribution in [0.5, 0.6) is 5.75 Å². The number of hydrogen-bond acceptors (Lipinski definition) is 1. The van der Waals surface area contributed by atoms with Crippen molar-refractivity contribution in [2.75, 3.05) is 0 Å². The van der Waals surface area contributed by atoms with Gasteiger partial charge in [0.15, 0.2) is 0 Å². The van der Waals surface area contributed by atoms with Crippen LogP contribution < -0.4 is 4.74 Å². The van der Waals surface area contributed by atoms with E-state index >= 15 is 0 Å². The van der Waals surface area contributed by atoms with Gasteiger partial charge in [-0.05, 0) is 72.6 Å². The number of aryl methyl sites for hydroxylation is 1. The highest BCUT2D eigenvalue weighted by atomic mass is 19.3. The molecule has 0 N–H and O–H groups in total. The fraction of sp³-hybridized carbons (Fsp3) is 0.310.